The van der Waals surface area contributed by atoms with Crippen molar-refractivity contribution in [1.82, 2.24) is 0 Å². The maximum Gasteiger partial charge on any atom is 0.335 e. The average Bonchev–Trinajstić information content (AvgIpc) is 2.80. The first-order valence-corrected chi connectivity index (χ1v) is 7.67. The SMILES string of the molecule is CC1CC(C)CC(N2CCc3cc(C(=O)O)ccc32)C1. The third kappa shape index (κ3) is 2.41. The van der Waals surface area contributed by atoms with E-state index in [1.807, 2.05) is 12.1 Å². The lowest BCUT2D eigenvalue weighted by Gasteiger charge is -2.38. The molecule has 2 aliphatic rings. The summed E-state index contributed by atoms with van der Waals surface area (Å²) >= 11 is 0. The van der Waals surface area contributed by atoms with E-state index in [2.05, 4.69) is 18.7 Å². The molecular formula is C17H23NO2. The number of carboxylic acid groups (broad SMARTS) is 1. The lowest BCUT2D eigenvalue weighted by molar-refractivity contribution is 0.0697. The lowest BCUT2D eigenvalue weighted by Crippen LogP contribution is -2.39. The van der Waals surface area contributed by atoms with E-state index >= 15 is 0 Å². The molecule has 2 atom stereocenters. The van der Waals surface area contributed by atoms with Crippen molar-refractivity contribution in [3.8, 4) is 0 Å². The predicted molar refractivity (Wildman–Crippen MR) is 80.4 cm³/mol. The van der Waals surface area contributed by atoms with Crippen molar-refractivity contribution >= 4 is 11.7 Å². The Hall–Kier alpha value is -1.51. The number of rotatable bonds is 2. The summed E-state index contributed by atoms with van der Waals surface area (Å²) in [6.07, 6.45) is 4.86. The molecular weight excluding hydrogens is 250 g/mol. The van der Waals surface area contributed by atoms with Gasteiger partial charge in [-0.1, -0.05) is 13.8 Å². The van der Waals surface area contributed by atoms with Crippen LogP contribution in [0.25, 0.3) is 0 Å². The molecule has 1 aromatic rings. The van der Waals surface area contributed by atoms with Crippen molar-refractivity contribution in [2.75, 3.05) is 11.4 Å². The zero-order valence-electron chi connectivity index (χ0n) is 12.3. The van der Waals surface area contributed by atoms with E-state index < -0.39 is 5.97 Å². The number of anilines is 1. The van der Waals surface area contributed by atoms with Crippen LogP contribution < -0.4 is 4.90 Å². The van der Waals surface area contributed by atoms with Crippen LogP contribution in [0.5, 0.6) is 0 Å². The normalized spacial score (nSPS) is 29.3. The van der Waals surface area contributed by atoms with Crippen LogP contribution in [0.15, 0.2) is 18.2 Å². The van der Waals surface area contributed by atoms with E-state index in [9.17, 15) is 4.79 Å². The first-order valence-electron chi connectivity index (χ1n) is 7.67. The van der Waals surface area contributed by atoms with Gasteiger partial charge in [-0.25, -0.2) is 4.79 Å². The molecule has 0 bridgehead atoms. The van der Waals surface area contributed by atoms with Crippen LogP contribution in [0.1, 0.15) is 49.0 Å². The number of carboxylic acids is 1. The summed E-state index contributed by atoms with van der Waals surface area (Å²) in [7, 11) is 0. The minimum Gasteiger partial charge on any atom is -0.478 e. The van der Waals surface area contributed by atoms with Crippen molar-refractivity contribution < 1.29 is 9.90 Å². The highest BCUT2D eigenvalue weighted by molar-refractivity contribution is 5.88. The van der Waals surface area contributed by atoms with Gasteiger partial charge in [0.05, 0.1) is 5.56 Å². The highest BCUT2D eigenvalue weighted by Gasteiger charge is 2.32. The quantitative estimate of drug-likeness (QED) is 0.895. The predicted octanol–water partition coefficient (Wildman–Crippen LogP) is 3.57. The number of aromatic carboxylic acids is 1. The minimum atomic E-state index is -0.828. The summed E-state index contributed by atoms with van der Waals surface area (Å²) in [4.78, 5) is 13.6. The number of hydrogen-bond acceptors (Lipinski definition) is 2. The fourth-order valence-electron chi connectivity index (χ4n) is 4.10. The second-order valence-corrected chi connectivity index (χ2v) is 6.66. The Morgan fingerprint density at radius 2 is 1.90 bits per heavy atom. The molecule has 3 nitrogen and oxygen atoms in total. The van der Waals surface area contributed by atoms with Gasteiger partial charge in [0.15, 0.2) is 0 Å². The largest absolute Gasteiger partial charge is 0.478 e. The van der Waals surface area contributed by atoms with Crippen LogP contribution in [0, 0.1) is 11.8 Å². The second kappa shape index (κ2) is 5.12. The molecule has 20 heavy (non-hydrogen) atoms. The van der Waals surface area contributed by atoms with Crippen LogP contribution in [0.2, 0.25) is 0 Å². The van der Waals surface area contributed by atoms with E-state index in [1.54, 1.807) is 6.07 Å². The Balaban J connectivity index is 1.84. The van der Waals surface area contributed by atoms with Gasteiger partial charge in [-0.05, 0) is 61.3 Å². The van der Waals surface area contributed by atoms with Gasteiger partial charge in [0, 0.05) is 18.3 Å². The molecule has 3 rings (SSSR count). The molecule has 0 radical (unpaired) electrons. The number of hydrogen-bond donors (Lipinski definition) is 1. The molecule has 1 heterocycles. The van der Waals surface area contributed by atoms with E-state index in [-0.39, 0.29) is 0 Å². The summed E-state index contributed by atoms with van der Waals surface area (Å²) in [6, 6.07) is 6.24. The Morgan fingerprint density at radius 1 is 1.20 bits per heavy atom. The number of carbonyl (C=O) groups is 1. The van der Waals surface area contributed by atoms with Crippen molar-refractivity contribution in [2.24, 2.45) is 11.8 Å². The van der Waals surface area contributed by atoms with Crippen LogP contribution in [0.4, 0.5) is 5.69 Å². The molecule has 1 fully saturated rings. The molecule has 0 spiro atoms. The first kappa shape index (κ1) is 13.5. The third-order valence-electron chi connectivity index (χ3n) is 4.85. The van der Waals surface area contributed by atoms with Crippen LogP contribution in [-0.4, -0.2) is 23.7 Å². The molecule has 1 aliphatic carbocycles. The highest BCUT2D eigenvalue weighted by Crippen LogP contribution is 2.38. The monoisotopic (exact) mass is 273 g/mol. The smallest absolute Gasteiger partial charge is 0.335 e. The topological polar surface area (TPSA) is 40.5 Å². The van der Waals surface area contributed by atoms with Gasteiger partial charge in [0.25, 0.3) is 0 Å². The fraction of sp³-hybridized carbons (Fsp3) is 0.588. The highest BCUT2D eigenvalue weighted by atomic mass is 16.4. The standard InChI is InChI=1S/C17H23NO2/c1-11-7-12(2)9-15(8-11)18-6-5-13-10-14(17(19)20)3-4-16(13)18/h3-4,10-12,15H,5-9H2,1-2H3,(H,19,20). The second-order valence-electron chi connectivity index (χ2n) is 6.66. The van der Waals surface area contributed by atoms with Crippen molar-refractivity contribution in [1.29, 1.82) is 0 Å². The Labute approximate surface area is 120 Å². The summed E-state index contributed by atoms with van der Waals surface area (Å²) in [5.41, 5.74) is 2.88. The van der Waals surface area contributed by atoms with Gasteiger partial charge >= 0.3 is 5.97 Å². The van der Waals surface area contributed by atoms with Crippen LogP contribution in [0.3, 0.4) is 0 Å². The lowest BCUT2D eigenvalue weighted by atomic mass is 9.80. The summed E-state index contributed by atoms with van der Waals surface area (Å²) < 4.78 is 0. The molecule has 0 saturated heterocycles. The maximum atomic E-state index is 11.1. The maximum absolute atomic E-state index is 11.1. The molecule has 1 saturated carbocycles. The van der Waals surface area contributed by atoms with E-state index in [1.165, 1.54) is 30.5 Å². The van der Waals surface area contributed by atoms with Crippen molar-refractivity contribution in [3.05, 3.63) is 29.3 Å². The van der Waals surface area contributed by atoms with Gasteiger partial charge in [0.1, 0.15) is 0 Å². The van der Waals surface area contributed by atoms with E-state index in [4.69, 9.17) is 5.11 Å². The van der Waals surface area contributed by atoms with Crippen LogP contribution in [-0.2, 0) is 6.42 Å². The van der Waals surface area contributed by atoms with Gasteiger partial charge in [-0.15, -0.1) is 0 Å². The Kier molecular flexibility index (Phi) is 3.45. The summed E-state index contributed by atoms with van der Waals surface area (Å²) in [5.74, 6) is 0.767. The Morgan fingerprint density at radius 3 is 2.55 bits per heavy atom. The first-order chi connectivity index (χ1) is 9.54. The van der Waals surface area contributed by atoms with Gasteiger partial charge < -0.3 is 10.0 Å². The molecule has 108 valence electrons. The number of fused-ring (bicyclic) bond motifs is 1. The zero-order valence-corrected chi connectivity index (χ0v) is 12.3. The number of benzene rings is 1. The van der Waals surface area contributed by atoms with Crippen molar-refractivity contribution in [3.63, 3.8) is 0 Å². The average molecular weight is 273 g/mol. The van der Waals surface area contributed by atoms with E-state index in [0.29, 0.717) is 11.6 Å². The zero-order chi connectivity index (χ0) is 14.3. The molecule has 2 unspecified atom stereocenters. The van der Waals surface area contributed by atoms with Crippen LogP contribution >= 0.6 is 0 Å². The molecule has 1 aromatic carbocycles. The van der Waals surface area contributed by atoms with Gasteiger partial charge in [-0.2, -0.15) is 0 Å². The fourth-order valence-corrected chi connectivity index (χ4v) is 4.10. The molecule has 0 aromatic heterocycles. The van der Waals surface area contributed by atoms with Gasteiger partial charge in [0.2, 0.25) is 0 Å². The molecule has 1 aliphatic heterocycles. The van der Waals surface area contributed by atoms with Crippen molar-refractivity contribution in [2.45, 2.75) is 45.6 Å². The molecule has 0 amide bonds. The van der Waals surface area contributed by atoms with E-state index in [0.717, 1.165) is 24.8 Å². The summed E-state index contributed by atoms with van der Waals surface area (Å²) in [6.45, 7) is 5.75. The third-order valence-corrected chi connectivity index (χ3v) is 4.85. The minimum absolute atomic E-state index is 0.413. The Bertz CT molecular complexity index is 516. The molecule has 3 heteroatoms. The number of nitrogens with zero attached hydrogens (tertiary/aromatic N) is 1. The van der Waals surface area contributed by atoms with Gasteiger partial charge in [-0.3, -0.25) is 0 Å². The molecule has 1 N–H and O–H groups in total. The summed E-state index contributed by atoms with van der Waals surface area (Å²) in [5, 5.41) is 9.09.